The fraction of sp³-hybridized carbons (Fsp3) is 0.333. The molecule has 6 nitrogen and oxygen atoms in total. The number of rotatable bonds is 6. The van der Waals surface area contributed by atoms with Crippen molar-refractivity contribution in [3.05, 3.63) is 66.0 Å². The molecule has 0 saturated heterocycles. The predicted molar refractivity (Wildman–Crippen MR) is 118 cm³/mol. The number of nitrogens with zero attached hydrogens (tertiary/aromatic N) is 4. The molecule has 0 fully saturated rings. The lowest BCUT2D eigenvalue weighted by Crippen LogP contribution is -2.16. The first-order chi connectivity index (χ1) is 14.3. The van der Waals surface area contributed by atoms with E-state index in [1.807, 2.05) is 59.0 Å². The molecule has 0 aliphatic heterocycles. The Bertz CT molecular complexity index is 1170. The maximum absolute atomic E-state index is 9.68. The second-order valence-corrected chi connectivity index (χ2v) is 8.84. The van der Waals surface area contributed by atoms with Crippen molar-refractivity contribution in [2.45, 2.75) is 33.9 Å². The molecule has 0 spiro atoms. The third kappa shape index (κ3) is 4.24. The molecule has 2 aromatic heterocycles. The Morgan fingerprint density at radius 1 is 1.07 bits per heavy atom. The van der Waals surface area contributed by atoms with Gasteiger partial charge in [-0.3, -0.25) is 9.36 Å². The molecular formula is C24H28N4O2. The van der Waals surface area contributed by atoms with Gasteiger partial charge in [0.2, 0.25) is 0 Å². The molecule has 4 aromatic rings. The van der Waals surface area contributed by atoms with E-state index >= 15 is 0 Å². The monoisotopic (exact) mass is 404 g/mol. The molecule has 156 valence electrons. The van der Waals surface area contributed by atoms with Gasteiger partial charge in [0.15, 0.2) is 0 Å². The zero-order valence-electron chi connectivity index (χ0n) is 18.0. The molecule has 0 unspecified atom stereocenters. The van der Waals surface area contributed by atoms with Gasteiger partial charge in [0.25, 0.3) is 0 Å². The van der Waals surface area contributed by atoms with Crippen molar-refractivity contribution in [2.75, 3.05) is 6.61 Å². The minimum Gasteiger partial charge on any atom is -0.493 e. The zero-order valence-corrected chi connectivity index (χ0v) is 18.0. The van der Waals surface area contributed by atoms with E-state index < -0.39 is 0 Å². The maximum Gasteiger partial charge on any atom is 0.119 e. The molecule has 0 bridgehead atoms. The van der Waals surface area contributed by atoms with Crippen molar-refractivity contribution < 1.29 is 9.84 Å². The van der Waals surface area contributed by atoms with Crippen LogP contribution in [0.4, 0.5) is 0 Å². The topological polar surface area (TPSA) is 65.1 Å². The average Bonchev–Trinajstić information content (AvgIpc) is 3.30. The summed E-state index contributed by atoms with van der Waals surface area (Å²) in [5.74, 6) is 0.828. The number of fused-ring (bicyclic) bond motifs is 1. The normalized spacial score (nSPS) is 11.9. The smallest absolute Gasteiger partial charge is 0.119 e. The summed E-state index contributed by atoms with van der Waals surface area (Å²) in [7, 11) is 1.95. The lowest BCUT2D eigenvalue weighted by molar-refractivity contribution is 0.198. The quantitative estimate of drug-likeness (QED) is 0.517. The molecule has 0 atom stereocenters. The van der Waals surface area contributed by atoms with E-state index in [0.29, 0.717) is 18.8 Å². The van der Waals surface area contributed by atoms with Gasteiger partial charge < -0.3 is 9.84 Å². The van der Waals surface area contributed by atoms with E-state index in [4.69, 9.17) is 4.74 Å². The van der Waals surface area contributed by atoms with Gasteiger partial charge in [0.1, 0.15) is 5.75 Å². The van der Waals surface area contributed by atoms with Crippen LogP contribution in [0.2, 0.25) is 0 Å². The molecule has 6 heteroatoms. The van der Waals surface area contributed by atoms with E-state index in [-0.39, 0.29) is 12.0 Å². The molecule has 2 heterocycles. The van der Waals surface area contributed by atoms with Crippen LogP contribution in [0.15, 0.2) is 54.7 Å². The van der Waals surface area contributed by atoms with Crippen LogP contribution in [0.25, 0.3) is 22.2 Å². The van der Waals surface area contributed by atoms with Gasteiger partial charge in [-0.2, -0.15) is 10.2 Å². The number of para-hydroxylation sites is 1. The molecule has 4 rings (SSSR count). The molecule has 1 N–H and O–H groups in total. The summed E-state index contributed by atoms with van der Waals surface area (Å²) in [6, 6.07) is 16.2. The van der Waals surface area contributed by atoms with Gasteiger partial charge in [-0.15, -0.1) is 0 Å². The van der Waals surface area contributed by atoms with E-state index in [1.165, 1.54) is 0 Å². The van der Waals surface area contributed by atoms with Gasteiger partial charge >= 0.3 is 0 Å². The number of aromatic nitrogens is 4. The second kappa shape index (κ2) is 7.95. The molecule has 0 aliphatic carbocycles. The Balaban J connectivity index is 1.70. The van der Waals surface area contributed by atoms with Crippen molar-refractivity contribution in [2.24, 2.45) is 12.5 Å². The van der Waals surface area contributed by atoms with Crippen molar-refractivity contribution in [1.29, 1.82) is 0 Å². The number of aliphatic hydroxyl groups excluding tert-OH is 1. The maximum atomic E-state index is 9.68. The van der Waals surface area contributed by atoms with Crippen LogP contribution >= 0.6 is 0 Å². The Morgan fingerprint density at radius 2 is 1.87 bits per heavy atom. The van der Waals surface area contributed by atoms with Crippen LogP contribution < -0.4 is 4.74 Å². The summed E-state index contributed by atoms with van der Waals surface area (Å²) < 4.78 is 9.83. The van der Waals surface area contributed by atoms with Crippen molar-refractivity contribution >= 4 is 10.9 Å². The number of benzene rings is 2. The minimum atomic E-state index is -0.101. The average molecular weight is 405 g/mol. The third-order valence-electron chi connectivity index (χ3n) is 4.96. The Hall–Kier alpha value is -3.12. The molecule has 2 aromatic carbocycles. The van der Waals surface area contributed by atoms with E-state index in [0.717, 1.165) is 33.5 Å². The predicted octanol–water partition coefficient (Wildman–Crippen LogP) is 4.40. The summed E-state index contributed by atoms with van der Waals surface area (Å²) in [5.41, 5.74) is 4.89. The number of hydrogen-bond acceptors (Lipinski definition) is 4. The lowest BCUT2D eigenvalue weighted by atomic mass is 9.99. The summed E-state index contributed by atoms with van der Waals surface area (Å²) in [4.78, 5) is 0. The standard InChI is InChI=1S/C24H28N4O2/c1-24(2,3)16-30-21-10-6-7-17(11-21)22-12-20(15-29)26-28(22)14-19-9-5-8-18-13-25-27(4)23(18)19/h5-13,29H,14-16H2,1-4H3. The molecule has 30 heavy (non-hydrogen) atoms. The molecule has 0 saturated carbocycles. The lowest BCUT2D eigenvalue weighted by Gasteiger charge is -2.19. The molecular weight excluding hydrogens is 376 g/mol. The van der Waals surface area contributed by atoms with Crippen molar-refractivity contribution in [3.63, 3.8) is 0 Å². The molecule has 0 amide bonds. The Kier molecular flexibility index (Phi) is 5.35. The van der Waals surface area contributed by atoms with Crippen LogP contribution in [-0.2, 0) is 20.2 Å². The first-order valence-electron chi connectivity index (χ1n) is 10.1. The first kappa shape index (κ1) is 20.2. The van der Waals surface area contributed by atoms with Crippen LogP contribution in [-0.4, -0.2) is 31.3 Å². The van der Waals surface area contributed by atoms with E-state index in [9.17, 15) is 5.11 Å². The highest BCUT2D eigenvalue weighted by molar-refractivity contribution is 5.82. The summed E-state index contributed by atoms with van der Waals surface area (Å²) in [6.45, 7) is 7.57. The van der Waals surface area contributed by atoms with Gasteiger partial charge in [0, 0.05) is 18.0 Å². The molecule has 0 radical (unpaired) electrons. The molecule has 0 aliphatic rings. The first-order valence-corrected chi connectivity index (χ1v) is 10.1. The minimum absolute atomic E-state index is 0.0869. The fourth-order valence-corrected chi connectivity index (χ4v) is 3.55. The Labute approximate surface area is 176 Å². The SMILES string of the molecule is Cn1ncc2cccc(Cn3nc(CO)cc3-c3cccc(OCC(C)(C)C)c3)c21. The highest BCUT2D eigenvalue weighted by Crippen LogP contribution is 2.28. The van der Waals surface area contributed by atoms with Crippen molar-refractivity contribution in [3.8, 4) is 17.0 Å². The zero-order chi connectivity index (χ0) is 21.3. The summed E-state index contributed by atoms with van der Waals surface area (Å²) in [6.07, 6.45) is 1.87. The summed E-state index contributed by atoms with van der Waals surface area (Å²) in [5, 5.41) is 19.8. The largest absolute Gasteiger partial charge is 0.493 e. The van der Waals surface area contributed by atoms with Crippen molar-refractivity contribution in [1.82, 2.24) is 19.6 Å². The number of hydrogen-bond donors (Lipinski definition) is 1. The number of ether oxygens (including phenoxy) is 1. The van der Waals surface area contributed by atoms with Crippen LogP contribution in [0.1, 0.15) is 32.0 Å². The second-order valence-electron chi connectivity index (χ2n) is 8.84. The van der Waals surface area contributed by atoms with Gasteiger partial charge in [0.05, 0.1) is 42.9 Å². The Morgan fingerprint density at radius 3 is 2.63 bits per heavy atom. The van der Waals surface area contributed by atoms with Crippen LogP contribution in [0.3, 0.4) is 0 Å². The van der Waals surface area contributed by atoms with Crippen LogP contribution in [0, 0.1) is 5.41 Å². The fourth-order valence-electron chi connectivity index (χ4n) is 3.55. The van der Waals surface area contributed by atoms with Gasteiger partial charge in [-0.1, -0.05) is 51.1 Å². The van der Waals surface area contributed by atoms with Crippen LogP contribution in [0.5, 0.6) is 5.75 Å². The van der Waals surface area contributed by atoms with Gasteiger partial charge in [-0.05, 0) is 29.2 Å². The van der Waals surface area contributed by atoms with E-state index in [1.54, 1.807) is 0 Å². The highest BCUT2D eigenvalue weighted by atomic mass is 16.5. The van der Waals surface area contributed by atoms with E-state index in [2.05, 4.69) is 43.1 Å². The number of aliphatic hydroxyl groups is 1. The highest BCUT2D eigenvalue weighted by Gasteiger charge is 2.15. The van der Waals surface area contributed by atoms with Gasteiger partial charge in [-0.25, -0.2) is 0 Å². The third-order valence-corrected chi connectivity index (χ3v) is 4.96. The number of aryl methyl sites for hydroxylation is 1. The summed E-state index contributed by atoms with van der Waals surface area (Å²) >= 11 is 0.